The molecule has 0 saturated carbocycles. The third-order valence-electron chi connectivity index (χ3n) is 5.66. The predicted molar refractivity (Wildman–Crippen MR) is 121 cm³/mol. The van der Waals surface area contributed by atoms with E-state index in [2.05, 4.69) is 32.6 Å². The van der Waals surface area contributed by atoms with Crippen LogP contribution in [0.15, 0.2) is 0 Å². The van der Waals surface area contributed by atoms with Crippen molar-refractivity contribution < 1.29 is 0 Å². The second kappa shape index (κ2) is 21.3. The van der Waals surface area contributed by atoms with Gasteiger partial charge in [-0.1, -0.05) is 118 Å². The van der Waals surface area contributed by atoms with E-state index in [-0.39, 0.29) is 0 Å². The van der Waals surface area contributed by atoms with Gasteiger partial charge >= 0.3 is 0 Å². The lowest BCUT2D eigenvalue weighted by Gasteiger charge is -2.21. The van der Waals surface area contributed by atoms with Crippen LogP contribution in [0, 0.1) is 5.92 Å². The lowest BCUT2D eigenvalue weighted by Crippen LogP contribution is -2.27. The van der Waals surface area contributed by atoms with Gasteiger partial charge in [0.25, 0.3) is 0 Å². The van der Waals surface area contributed by atoms with E-state index >= 15 is 0 Å². The largest absolute Gasteiger partial charge is 0.303 e. The van der Waals surface area contributed by atoms with E-state index in [1.807, 2.05) is 0 Å². The van der Waals surface area contributed by atoms with Crippen molar-refractivity contribution in [2.24, 2.45) is 5.92 Å². The van der Waals surface area contributed by atoms with Gasteiger partial charge in [0.05, 0.1) is 0 Å². The van der Waals surface area contributed by atoms with Crippen LogP contribution in [0.2, 0.25) is 0 Å². The smallest absolute Gasteiger partial charge is 0.00187 e. The summed E-state index contributed by atoms with van der Waals surface area (Å²) < 4.78 is 0. The zero-order valence-corrected chi connectivity index (χ0v) is 19.2. The van der Waals surface area contributed by atoms with Gasteiger partial charge in [0.2, 0.25) is 0 Å². The lowest BCUT2D eigenvalue weighted by atomic mass is 10.0. The standard InChI is InChI=1S/C25H53N/c1-5-7-22-26(23-8-6-2)24-20-18-16-14-12-10-9-11-13-15-17-19-21-25(3)4/h25H,5-24H2,1-4H3. The summed E-state index contributed by atoms with van der Waals surface area (Å²) in [6.45, 7) is 13.3. The first-order valence-corrected chi connectivity index (χ1v) is 12.4. The van der Waals surface area contributed by atoms with E-state index in [1.165, 1.54) is 129 Å². The van der Waals surface area contributed by atoms with Crippen LogP contribution in [0.1, 0.15) is 137 Å². The topological polar surface area (TPSA) is 3.24 Å². The zero-order valence-electron chi connectivity index (χ0n) is 19.2. The highest BCUT2D eigenvalue weighted by Gasteiger charge is 2.03. The van der Waals surface area contributed by atoms with Crippen molar-refractivity contribution in [2.75, 3.05) is 19.6 Å². The van der Waals surface area contributed by atoms with Crippen molar-refractivity contribution in [3.05, 3.63) is 0 Å². The van der Waals surface area contributed by atoms with Gasteiger partial charge in [-0.25, -0.2) is 0 Å². The molecule has 1 heteroatoms. The quantitative estimate of drug-likeness (QED) is 0.183. The molecule has 158 valence electrons. The molecule has 0 aromatic rings. The van der Waals surface area contributed by atoms with Crippen molar-refractivity contribution in [1.82, 2.24) is 4.90 Å². The molecule has 26 heavy (non-hydrogen) atoms. The average molecular weight is 368 g/mol. The van der Waals surface area contributed by atoms with E-state index in [0.717, 1.165) is 5.92 Å². The maximum Gasteiger partial charge on any atom is -0.00187 e. The molecule has 0 aromatic heterocycles. The Kier molecular flexibility index (Phi) is 21.2. The van der Waals surface area contributed by atoms with Gasteiger partial charge in [0, 0.05) is 0 Å². The van der Waals surface area contributed by atoms with Crippen LogP contribution in [0.5, 0.6) is 0 Å². The maximum atomic E-state index is 2.72. The van der Waals surface area contributed by atoms with E-state index in [4.69, 9.17) is 0 Å². The highest BCUT2D eigenvalue weighted by Crippen LogP contribution is 2.14. The van der Waals surface area contributed by atoms with E-state index in [0.29, 0.717) is 0 Å². The van der Waals surface area contributed by atoms with Gasteiger partial charge in [-0.3, -0.25) is 0 Å². The van der Waals surface area contributed by atoms with Crippen LogP contribution in [0.4, 0.5) is 0 Å². The maximum absolute atomic E-state index is 2.72. The average Bonchev–Trinajstić information content (AvgIpc) is 2.63. The Bertz CT molecular complexity index is 241. The third-order valence-corrected chi connectivity index (χ3v) is 5.66. The Morgan fingerprint density at radius 3 is 1.19 bits per heavy atom. The number of hydrogen-bond acceptors (Lipinski definition) is 1. The van der Waals surface area contributed by atoms with Crippen molar-refractivity contribution in [3.63, 3.8) is 0 Å². The lowest BCUT2D eigenvalue weighted by molar-refractivity contribution is 0.259. The van der Waals surface area contributed by atoms with Crippen LogP contribution in [0.3, 0.4) is 0 Å². The Morgan fingerprint density at radius 1 is 0.462 bits per heavy atom. The summed E-state index contributed by atoms with van der Waals surface area (Å²) in [6, 6.07) is 0. The summed E-state index contributed by atoms with van der Waals surface area (Å²) in [7, 11) is 0. The molecule has 0 fully saturated rings. The molecule has 0 aromatic carbocycles. The molecule has 0 atom stereocenters. The molecule has 0 bridgehead atoms. The fourth-order valence-corrected chi connectivity index (χ4v) is 3.75. The molecule has 0 heterocycles. The highest BCUT2D eigenvalue weighted by atomic mass is 15.1. The predicted octanol–water partition coefficient (Wildman–Crippen LogP) is 8.62. The van der Waals surface area contributed by atoms with Gasteiger partial charge in [-0.2, -0.15) is 0 Å². The minimum absolute atomic E-state index is 0.894. The highest BCUT2D eigenvalue weighted by molar-refractivity contribution is 4.58. The molecular weight excluding hydrogens is 314 g/mol. The summed E-state index contributed by atoms with van der Waals surface area (Å²) in [5, 5.41) is 0. The molecule has 0 aliphatic carbocycles. The van der Waals surface area contributed by atoms with E-state index in [1.54, 1.807) is 0 Å². The van der Waals surface area contributed by atoms with Crippen LogP contribution in [-0.4, -0.2) is 24.5 Å². The van der Waals surface area contributed by atoms with Gasteiger partial charge in [0.1, 0.15) is 0 Å². The van der Waals surface area contributed by atoms with Crippen molar-refractivity contribution >= 4 is 0 Å². The molecule has 0 spiro atoms. The number of nitrogens with zero attached hydrogens (tertiary/aromatic N) is 1. The number of hydrogen-bond donors (Lipinski definition) is 0. The number of unbranched alkanes of at least 4 members (excludes halogenated alkanes) is 13. The van der Waals surface area contributed by atoms with Crippen molar-refractivity contribution in [3.8, 4) is 0 Å². The molecule has 0 radical (unpaired) electrons. The van der Waals surface area contributed by atoms with Crippen LogP contribution in [-0.2, 0) is 0 Å². The summed E-state index contributed by atoms with van der Waals surface area (Å²) in [5.74, 6) is 0.894. The Labute approximate surface area is 167 Å². The molecule has 0 aliphatic heterocycles. The van der Waals surface area contributed by atoms with E-state index < -0.39 is 0 Å². The fourth-order valence-electron chi connectivity index (χ4n) is 3.75. The minimum atomic E-state index is 0.894. The summed E-state index contributed by atoms with van der Waals surface area (Å²) >= 11 is 0. The van der Waals surface area contributed by atoms with Gasteiger partial charge in [-0.05, 0) is 44.8 Å². The molecule has 0 amide bonds. The first-order valence-electron chi connectivity index (χ1n) is 12.4. The Balaban J connectivity index is 3.28. The molecule has 0 saturated heterocycles. The van der Waals surface area contributed by atoms with Crippen LogP contribution in [0.25, 0.3) is 0 Å². The first-order chi connectivity index (χ1) is 12.7. The van der Waals surface area contributed by atoms with Gasteiger partial charge in [0.15, 0.2) is 0 Å². The van der Waals surface area contributed by atoms with Gasteiger partial charge in [-0.15, -0.1) is 0 Å². The van der Waals surface area contributed by atoms with Gasteiger partial charge < -0.3 is 4.90 Å². The van der Waals surface area contributed by atoms with Crippen LogP contribution >= 0.6 is 0 Å². The molecule has 1 nitrogen and oxygen atoms in total. The summed E-state index contributed by atoms with van der Waals surface area (Å²) in [5.41, 5.74) is 0. The van der Waals surface area contributed by atoms with Crippen molar-refractivity contribution in [1.29, 1.82) is 0 Å². The van der Waals surface area contributed by atoms with Crippen molar-refractivity contribution in [2.45, 2.75) is 137 Å². The monoisotopic (exact) mass is 367 g/mol. The Hall–Kier alpha value is -0.0400. The summed E-state index contributed by atoms with van der Waals surface area (Å²) in [4.78, 5) is 2.72. The zero-order chi connectivity index (χ0) is 19.3. The normalized spacial score (nSPS) is 11.8. The minimum Gasteiger partial charge on any atom is -0.303 e. The first kappa shape index (κ1) is 26.0. The van der Waals surface area contributed by atoms with Crippen LogP contribution < -0.4 is 0 Å². The Morgan fingerprint density at radius 2 is 0.808 bits per heavy atom. The fraction of sp³-hybridized carbons (Fsp3) is 1.00. The molecule has 0 aliphatic rings. The second-order valence-electron chi connectivity index (χ2n) is 8.97. The number of rotatable bonds is 21. The SMILES string of the molecule is CCCCN(CCCC)CCCCCCCCCCCCCCC(C)C. The van der Waals surface area contributed by atoms with E-state index in [9.17, 15) is 0 Å². The molecule has 0 rings (SSSR count). The molecular formula is C25H53N. The molecule has 0 N–H and O–H groups in total. The second-order valence-corrected chi connectivity index (χ2v) is 8.97. The molecule has 0 unspecified atom stereocenters. The summed E-state index contributed by atoms with van der Waals surface area (Å²) in [6.07, 6.45) is 24.4. The third kappa shape index (κ3) is 20.3.